The van der Waals surface area contributed by atoms with E-state index in [1.807, 2.05) is 59.7 Å². The first kappa shape index (κ1) is 29.3. The Morgan fingerprint density at radius 1 is 1.31 bits per heavy atom. The quantitative estimate of drug-likeness (QED) is 0.358. The predicted molar refractivity (Wildman–Crippen MR) is 149 cm³/mol. The van der Waals surface area contributed by atoms with Gasteiger partial charge in [0.15, 0.2) is 0 Å². The van der Waals surface area contributed by atoms with Crippen molar-refractivity contribution in [2.75, 3.05) is 24.7 Å². The molecule has 0 aliphatic carbocycles. The molecule has 3 saturated heterocycles. The summed E-state index contributed by atoms with van der Waals surface area (Å²) in [6.45, 7) is 17.5. The van der Waals surface area contributed by atoms with E-state index in [0.29, 0.717) is 12.8 Å². The molecule has 3 unspecified atom stereocenters. The summed E-state index contributed by atoms with van der Waals surface area (Å²) < 4.78 is 12.3. The minimum Gasteiger partial charge on any atom is -0.466 e. The van der Waals surface area contributed by atoms with Crippen LogP contribution in [-0.2, 0) is 23.9 Å². The lowest BCUT2D eigenvalue weighted by atomic mass is 9.62. The van der Waals surface area contributed by atoms with E-state index in [1.165, 1.54) is 0 Å². The van der Waals surface area contributed by atoms with Crippen LogP contribution >= 0.6 is 0 Å². The number of aliphatic hydroxyl groups excluding tert-OH is 1. The zero-order valence-corrected chi connectivity index (χ0v) is 24.4. The molecule has 1 spiro atoms. The van der Waals surface area contributed by atoms with Gasteiger partial charge in [-0.3, -0.25) is 14.4 Å². The van der Waals surface area contributed by atoms with Crippen molar-refractivity contribution in [3.63, 3.8) is 0 Å². The summed E-state index contributed by atoms with van der Waals surface area (Å²) in [5, 5.41) is 10.6. The molecule has 4 rings (SSSR count). The molecule has 1 N–H and O–H groups in total. The number of amides is 2. The molecule has 3 fully saturated rings. The summed E-state index contributed by atoms with van der Waals surface area (Å²) in [4.78, 5) is 46.0. The first-order valence-electron chi connectivity index (χ1n) is 14.2. The lowest BCUT2D eigenvalue weighted by Crippen LogP contribution is -2.60. The standard InChI is InChI=1S/C31H44N2O6/c1-9-15-32(25-19(5)13-12-14-20(25)6)28(36)26-31-16-21(7)30(8,39-31)24(29(37)38-11-3)23(31)27(35)33(26)22(17-34)18(4)10-2/h9,12-14,18,21-24,26,34H,1,10-11,15-17H2,2-8H3/t18-,21?,22-,23-,24+,26?,30-,31?/m0/s1. The van der Waals surface area contributed by atoms with Crippen LogP contribution < -0.4 is 4.90 Å². The van der Waals surface area contributed by atoms with Gasteiger partial charge in [0, 0.05) is 12.2 Å². The molecule has 8 atom stereocenters. The number of fused-ring (bicyclic) bond motifs is 1. The molecule has 1 aromatic rings. The molecule has 3 aliphatic rings. The number of para-hydroxylation sites is 1. The van der Waals surface area contributed by atoms with Crippen LogP contribution in [0.5, 0.6) is 0 Å². The first-order chi connectivity index (χ1) is 18.4. The molecule has 0 radical (unpaired) electrons. The SMILES string of the molecule is C=CCN(C(=O)C1N([C@@H](CO)[C@@H](C)CC)C(=O)[C@@H]2[C@H](C(=O)OCC)[C@@]3(C)OC12CC3C)c1c(C)cccc1C. The fourth-order valence-electron chi connectivity index (χ4n) is 7.52. The third kappa shape index (κ3) is 4.22. The average Bonchev–Trinajstić information content (AvgIpc) is 3.40. The Kier molecular flexibility index (Phi) is 8.03. The number of carbonyl (C=O) groups excluding carboxylic acids is 3. The van der Waals surface area contributed by atoms with E-state index in [0.717, 1.165) is 16.8 Å². The number of hydrogen-bond donors (Lipinski definition) is 1. The summed E-state index contributed by atoms with van der Waals surface area (Å²) >= 11 is 0. The summed E-state index contributed by atoms with van der Waals surface area (Å²) in [5.41, 5.74) is 0.475. The van der Waals surface area contributed by atoms with Crippen LogP contribution in [-0.4, -0.2) is 70.8 Å². The van der Waals surface area contributed by atoms with E-state index in [-0.39, 0.29) is 43.4 Å². The Bertz CT molecular complexity index is 1130. The Balaban J connectivity index is 1.94. The monoisotopic (exact) mass is 540 g/mol. The van der Waals surface area contributed by atoms with Crippen LogP contribution in [0.25, 0.3) is 0 Å². The molecule has 1 aromatic carbocycles. The zero-order valence-electron chi connectivity index (χ0n) is 24.4. The third-order valence-electron chi connectivity index (χ3n) is 9.66. The number of nitrogens with zero attached hydrogens (tertiary/aromatic N) is 2. The second-order valence-corrected chi connectivity index (χ2v) is 11.8. The van der Waals surface area contributed by atoms with Gasteiger partial charge in [-0.1, -0.05) is 51.5 Å². The van der Waals surface area contributed by atoms with E-state index in [2.05, 4.69) is 6.58 Å². The van der Waals surface area contributed by atoms with E-state index < -0.39 is 41.1 Å². The molecule has 8 heteroatoms. The molecular formula is C31H44N2O6. The number of aliphatic hydroxyl groups is 1. The minimum atomic E-state index is -1.21. The molecular weight excluding hydrogens is 496 g/mol. The van der Waals surface area contributed by atoms with Crippen molar-refractivity contribution in [2.24, 2.45) is 23.7 Å². The highest BCUT2D eigenvalue weighted by Gasteiger charge is 2.81. The van der Waals surface area contributed by atoms with Crippen molar-refractivity contribution in [3.8, 4) is 0 Å². The summed E-state index contributed by atoms with van der Waals surface area (Å²) in [5.74, 6) is -2.94. The first-order valence-corrected chi connectivity index (χ1v) is 14.2. The molecule has 3 heterocycles. The van der Waals surface area contributed by atoms with Crippen LogP contribution in [0.2, 0.25) is 0 Å². The second kappa shape index (κ2) is 10.7. The average molecular weight is 541 g/mol. The lowest BCUT2D eigenvalue weighted by Gasteiger charge is -2.41. The van der Waals surface area contributed by atoms with Gasteiger partial charge in [-0.15, -0.1) is 6.58 Å². The normalized spacial score (nSPS) is 32.6. The molecule has 3 aliphatic heterocycles. The molecule has 0 aromatic heterocycles. The van der Waals surface area contributed by atoms with E-state index >= 15 is 0 Å². The number of hydrogen-bond acceptors (Lipinski definition) is 6. The fourth-order valence-corrected chi connectivity index (χ4v) is 7.52. The number of benzene rings is 1. The number of likely N-dealkylation sites (tertiary alicyclic amines) is 1. The van der Waals surface area contributed by atoms with Gasteiger partial charge in [0.05, 0.1) is 30.8 Å². The molecule has 0 saturated carbocycles. The molecule has 8 nitrogen and oxygen atoms in total. The van der Waals surface area contributed by atoms with E-state index in [9.17, 15) is 19.5 Å². The number of carbonyl (C=O) groups is 3. The maximum absolute atomic E-state index is 14.9. The number of aryl methyl sites for hydroxylation is 2. The van der Waals surface area contributed by atoms with Gasteiger partial charge in [0.1, 0.15) is 17.6 Å². The number of esters is 1. The summed E-state index contributed by atoms with van der Waals surface area (Å²) in [6.07, 6.45) is 2.84. The maximum atomic E-state index is 14.9. The van der Waals surface area contributed by atoms with Gasteiger partial charge in [-0.2, -0.15) is 0 Å². The Morgan fingerprint density at radius 2 is 1.95 bits per heavy atom. The van der Waals surface area contributed by atoms with Crippen molar-refractivity contribution in [1.29, 1.82) is 0 Å². The predicted octanol–water partition coefficient (Wildman–Crippen LogP) is 3.80. The van der Waals surface area contributed by atoms with Gasteiger partial charge in [-0.05, 0) is 57.1 Å². The van der Waals surface area contributed by atoms with Gasteiger partial charge >= 0.3 is 5.97 Å². The molecule has 2 amide bonds. The highest BCUT2D eigenvalue weighted by Crippen LogP contribution is 2.66. The molecule has 214 valence electrons. The highest BCUT2D eigenvalue weighted by molar-refractivity contribution is 6.05. The van der Waals surface area contributed by atoms with Crippen molar-refractivity contribution >= 4 is 23.5 Å². The Morgan fingerprint density at radius 3 is 2.49 bits per heavy atom. The van der Waals surface area contributed by atoms with Crippen LogP contribution in [0.15, 0.2) is 30.9 Å². The van der Waals surface area contributed by atoms with Crippen molar-refractivity contribution in [3.05, 3.63) is 42.0 Å². The number of ether oxygens (including phenoxy) is 2. The number of rotatable bonds is 10. The third-order valence-corrected chi connectivity index (χ3v) is 9.66. The van der Waals surface area contributed by atoms with Crippen molar-refractivity contribution < 1.29 is 29.0 Å². The largest absolute Gasteiger partial charge is 0.466 e. The summed E-state index contributed by atoms with van der Waals surface area (Å²) in [7, 11) is 0. The van der Waals surface area contributed by atoms with E-state index in [4.69, 9.17) is 9.47 Å². The Labute approximate surface area is 232 Å². The van der Waals surface area contributed by atoms with Crippen molar-refractivity contribution in [2.45, 2.75) is 84.6 Å². The maximum Gasteiger partial charge on any atom is 0.312 e. The number of anilines is 1. The van der Waals surface area contributed by atoms with Crippen LogP contribution in [0, 0.1) is 37.5 Å². The van der Waals surface area contributed by atoms with Gasteiger partial charge in [0.2, 0.25) is 5.91 Å². The van der Waals surface area contributed by atoms with Gasteiger partial charge in [0.25, 0.3) is 5.91 Å². The second-order valence-electron chi connectivity index (χ2n) is 11.8. The van der Waals surface area contributed by atoms with Crippen LogP contribution in [0.3, 0.4) is 0 Å². The Hall–Kier alpha value is -2.71. The topological polar surface area (TPSA) is 96.4 Å². The summed E-state index contributed by atoms with van der Waals surface area (Å²) in [6, 6.07) is 4.25. The van der Waals surface area contributed by atoms with Gasteiger partial charge in [-0.25, -0.2) is 0 Å². The minimum absolute atomic E-state index is 0.0798. The fraction of sp³-hybridized carbons (Fsp3) is 0.645. The van der Waals surface area contributed by atoms with Crippen molar-refractivity contribution in [1.82, 2.24) is 4.90 Å². The highest BCUT2D eigenvalue weighted by atomic mass is 16.6. The lowest BCUT2D eigenvalue weighted by molar-refractivity contribution is -0.162. The van der Waals surface area contributed by atoms with Gasteiger partial charge < -0.3 is 24.4 Å². The zero-order chi connectivity index (χ0) is 28.9. The molecule has 2 bridgehead atoms. The van der Waals surface area contributed by atoms with Crippen LogP contribution in [0.1, 0.15) is 58.6 Å². The van der Waals surface area contributed by atoms with Crippen LogP contribution in [0.4, 0.5) is 5.69 Å². The smallest absolute Gasteiger partial charge is 0.312 e. The molecule has 39 heavy (non-hydrogen) atoms. The van der Waals surface area contributed by atoms with E-state index in [1.54, 1.807) is 22.8 Å².